The number of hydrogen-bond donors (Lipinski definition) is 1. The van der Waals surface area contributed by atoms with E-state index >= 15 is 0 Å². The van der Waals surface area contributed by atoms with Gasteiger partial charge in [-0.2, -0.15) is 0 Å². The van der Waals surface area contributed by atoms with E-state index in [0.29, 0.717) is 31.1 Å². The Labute approximate surface area is 208 Å². The van der Waals surface area contributed by atoms with E-state index in [1.165, 1.54) is 0 Å². The monoisotopic (exact) mass is 528 g/mol. The second-order valence-corrected chi connectivity index (χ2v) is 9.46. The first-order valence-electron chi connectivity index (χ1n) is 11.4. The molecule has 1 atom stereocenters. The lowest BCUT2D eigenvalue weighted by Gasteiger charge is -2.29. The van der Waals surface area contributed by atoms with Crippen molar-refractivity contribution in [3.05, 3.63) is 69.2 Å². The van der Waals surface area contributed by atoms with Gasteiger partial charge in [0, 0.05) is 36.2 Å². The molecular weight excluding hydrogens is 500 g/mol. The van der Waals surface area contributed by atoms with Crippen molar-refractivity contribution in [1.29, 1.82) is 0 Å². The maximum absolute atomic E-state index is 13.2. The Hall–Kier alpha value is -2.68. The molecule has 2 aromatic rings. The molecule has 0 aliphatic carbocycles. The normalized spacial score (nSPS) is 20.7. The molecule has 0 spiro atoms. The number of hydrogen-bond acceptors (Lipinski definition) is 6. The molecule has 1 amide bonds. The summed E-state index contributed by atoms with van der Waals surface area (Å²) in [7, 11) is 1.58. The Morgan fingerprint density at radius 1 is 1.15 bits per heavy atom. The van der Waals surface area contributed by atoms with Crippen LogP contribution in [0.3, 0.4) is 0 Å². The minimum atomic E-state index is -0.665. The van der Waals surface area contributed by atoms with Gasteiger partial charge in [0.2, 0.25) is 0 Å². The third-order valence-corrected chi connectivity index (χ3v) is 6.84. The molecule has 2 fully saturated rings. The van der Waals surface area contributed by atoms with Crippen LogP contribution in [-0.4, -0.2) is 73.1 Å². The van der Waals surface area contributed by atoms with E-state index in [1.54, 1.807) is 30.2 Å². The lowest BCUT2D eigenvalue weighted by atomic mass is 9.94. The molecule has 0 bridgehead atoms. The van der Waals surface area contributed by atoms with Gasteiger partial charge >= 0.3 is 0 Å². The fourth-order valence-corrected chi connectivity index (χ4v) is 5.02. The Bertz CT molecular complexity index is 1110. The number of nitrogens with zero attached hydrogens (tertiary/aromatic N) is 2. The SMILES string of the molecule is COc1ccc(C(O)=C2C(=O)C(=O)N(CCCN3CCOCC3)[C@H]2c2cccc(Br)c2)cc1C. The van der Waals surface area contributed by atoms with Crippen molar-refractivity contribution < 1.29 is 24.2 Å². The summed E-state index contributed by atoms with van der Waals surface area (Å²) in [5.41, 5.74) is 2.18. The summed E-state index contributed by atoms with van der Waals surface area (Å²) in [5.74, 6) is -0.741. The van der Waals surface area contributed by atoms with E-state index in [1.807, 2.05) is 31.2 Å². The number of aliphatic hydroxyl groups excluding tert-OH is 1. The fourth-order valence-electron chi connectivity index (χ4n) is 4.60. The summed E-state index contributed by atoms with van der Waals surface area (Å²) in [6, 6.07) is 12.1. The summed E-state index contributed by atoms with van der Waals surface area (Å²) in [6.45, 7) is 6.25. The molecule has 2 aromatic carbocycles. The van der Waals surface area contributed by atoms with Crippen molar-refractivity contribution in [3.8, 4) is 5.75 Å². The fraction of sp³-hybridized carbons (Fsp3) is 0.385. The topological polar surface area (TPSA) is 79.3 Å². The summed E-state index contributed by atoms with van der Waals surface area (Å²) in [6.07, 6.45) is 0.721. The van der Waals surface area contributed by atoms with Crippen LogP contribution in [0.1, 0.15) is 29.2 Å². The minimum Gasteiger partial charge on any atom is -0.507 e. The van der Waals surface area contributed by atoms with E-state index in [2.05, 4.69) is 20.8 Å². The van der Waals surface area contributed by atoms with Crippen molar-refractivity contribution >= 4 is 33.4 Å². The highest BCUT2D eigenvalue weighted by atomic mass is 79.9. The van der Waals surface area contributed by atoms with Gasteiger partial charge in [-0.25, -0.2) is 0 Å². The number of likely N-dealkylation sites (tertiary alicyclic amines) is 1. The van der Waals surface area contributed by atoms with Gasteiger partial charge in [-0.15, -0.1) is 0 Å². The number of benzene rings is 2. The van der Waals surface area contributed by atoms with Crippen LogP contribution >= 0.6 is 15.9 Å². The van der Waals surface area contributed by atoms with Crippen LogP contribution in [-0.2, 0) is 14.3 Å². The van der Waals surface area contributed by atoms with Gasteiger partial charge in [-0.1, -0.05) is 28.1 Å². The predicted molar refractivity (Wildman–Crippen MR) is 133 cm³/mol. The molecule has 2 aliphatic heterocycles. The number of aryl methyl sites for hydroxylation is 1. The number of morpholine rings is 1. The van der Waals surface area contributed by atoms with Crippen LogP contribution in [0.15, 0.2) is 52.5 Å². The zero-order chi connectivity index (χ0) is 24.2. The van der Waals surface area contributed by atoms with Gasteiger partial charge < -0.3 is 19.5 Å². The number of methoxy groups -OCH3 is 1. The van der Waals surface area contributed by atoms with Crippen molar-refractivity contribution in [2.75, 3.05) is 46.5 Å². The predicted octanol–water partition coefficient (Wildman–Crippen LogP) is 3.91. The number of halogens is 1. The van der Waals surface area contributed by atoms with Crippen LogP contribution < -0.4 is 4.74 Å². The van der Waals surface area contributed by atoms with Gasteiger partial charge in [0.15, 0.2) is 0 Å². The van der Waals surface area contributed by atoms with Gasteiger partial charge in [0.1, 0.15) is 11.5 Å². The van der Waals surface area contributed by atoms with Crippen molar-refractivity contribution in [2.45, 2.75) is 19.4 Å². The van der Waals surface area contributed by atoms with Gasteiger partial charge in [-0.05, 0) is 54.8 Å². The number of ketones is 1. The number of aliphatic hydroxyl groups is 1. The Morgan fingerprint density at radius 2 is 1.91 bits per heavy atom. The zero-order valence-corrected chi connectivity index (χ0v) is 21.0. The molecule has 4 rings (SSSR count). The second kappa shape index (κ2) is 10.7. The molecule has 0 radical (unpaired) electrons. The highest BCUT2D eigenvalue weighted by Gasteiger charge is 2.45. The van der Waals surface area contributed by atoms with E-state index in [4.69, 9.17) is 9.47 Å². The van der Waals surface area contributed by atoms with Crippen molar-refractivity contribution in [3.63, 3.8) is 0 Å². The number of rotatable bonds is 7. The molecule has 34 heavy (non-hydrogen) atoms. The first-order chi connectivity index (χ1) is 16.4. The standard InChI is InChI=1S/C26H29BrN2O5/c1-17-15-19(7-8-21(17)33-2)24(30)22-23(18-5-3-6-20(27)16-18)29(26(32)25(22)31)10-4-9-28-11-13-34-14-12-28/h3,5-8,15-16,23,30H,4,9-14H2,1-2H3/t23-/m0/s1. The average Bonchev–Trinajstić information content (AvgIpc) is 3.09. The number of carbonyl (C=O) groups excluding carboxylic acids is 2. The second-order valence-electron chi connectivity index (χ2n) is 8.54. The summed E-state index contributed by atoms with van der Waals surface area (Å²) >= 11 is 3.49. The maximum Gasteiger partial charge on any atom is 0.295 e. The molecule has 0 aromatic heterocycles. The van der Waals surface area contributed by atoms with Crippen LogP contribution in [0.5, 0.6) is 5.75 Å². The maximum atomic E-state index is 13.2. The molecule has 7 nitrogen and oxygen atoms in total. The average molecular weight is 529 g/mol. The van der Waals surface area contributed by atoms with Gasteiger partial charge in [0.05, 0.1) is 31.9 Å². The largest absolute Gasteiger partial charge is 0.507 e. The van der Waals surface area contributed by atoms with Crippen LogP contribution in [0.25, 0.3) is 5.76 Å². The Kier molecular flexibility index (Phi) is 7.70. The summed E-state index contributed by atoms with van der Waals surface area (Å²) < 4.78 is 11.6. The van der Waals surface area contributed by atoms with Gasteiger partial charge in [-0.3, -0.25) is 14.5 Å². The third kappa shape index (κ3) is 5.04. The number of carbonyl (C=O) groups is 2. The first kappa shape index (κ1) is 24.4. The number of Topliss-reactive ketones (excluding diaryl/α,β-unsaturated/α-hetero) is 1. The molecule has 2 aliphatic rings. The minimum absolute atomic E-state index is 0.110. The molecule has 1 N–H and O–H groups in total. The Balaban J connectivity index is 1.69. The highest BCUT2D eigenvalue weighted by Crippen LogP contribution is 2.40. The molecule has 2 heterocycles. The molecule has 0 unspecified atom stereocenters. The lowest BCUT2D eigenvalue weighted by molar-refractivity contribution is -0.140. The van der Waals surface area contributed by atoms with Crippen LogP contribution in [0, 0.1) is 6.92 Å². The highest BCUT2D eigenvalue weighted by molar-refractivity contribution is 9.10. The van der Waals surface area contributed by atoms with Gasteiger partial charge in [0.25, 0.3) is 11.7 Å². The molecule has 8 heteroatoms. The number of amides is 1. The first-order valence-corrected chi connectivity index (χ1v) is 12.2. The zero-order valence-electron chi connectivity index (χ0n) is 19.4. The quantitative estimate of drug-likeness (QED) is 0.333. The molecule has 180 valence electrons. The molecule has 2 saturated heterocycles. The summed E-state index contributed by atoms with van der Waals surface area (Å²) in [5, 5.41) is 11.2. The van der Waals surface area contributed by atoms with Crippen molar-refractivity contribution in [2.24, 2.45) is 0 Å². The van der Waals surface area contributed by atoms with E-state index in [9.17, 15) is 14.7 Å². The number of ether oxygens (including phenoxy) is 2. The summed E-state index contributed by atoms with van der Waals surface area (Å²) in [4.78, 5) is 30.2. The van der Waals surface area contributed by atoms with E-state index in [-0.39, 0.29) is 11.3 Å². The third-order valence-electron chi connectivity index (χ3n) is 6.35. The smallest absolute Gasteiger partial charge is 0.295 e. The van der Waals surface area contributed by atoms with Crippen molar-refractivity contribution in [1.82, 2.24) is 9.80 Å². The van der Waals surface area contributed by atoms with Crippen LogP contribution in [0.4, 0.5) is 0 Å². The van der Waals surface area contributed by atoms with E-state index in [0.717, 1.165) is 41.7 Å². The Morgan fingerprint density at radius 3 is 2.59 bits per heavy atom. The molecule has 0 saturated carbocycles. The van der Waals surface area contributed by atoms with E-state index < -0.39 is 17.7 Å². The van der Waals surface area contributed by atoms with Crippen LogP contribution in [0.2, 0.25) is 0 Å². The molecular formula is C26H29BrN2O5. The lowest BCUT2D eigenvalue weighted by Crippen LogP contribution is -2.38.